The van der Waals surface area contributed by atoms with Gasteiger partial charge in [0, 0.05) is 16.3 Å². The van der Waals surface area contributed by atoms with Gasteiger partial charge in [-0.05, 0) is 22.4 Å². The molecule has 18 heavy (non-hydrogen) atoms. The summed E-state index contributed by atoms with van der Waals surface area (Å²) in [6.45, 7) is 6.65. The van der Waals surface area contributed by atoms with Crippen molar-refractivity contribution in [3.05, 3.63) is 16.0 Å². The third-order valence-corrected chi connectivity index (χ3v) is 7.39. The maximum absolute atomic E-state index is 5.95. The highest BCUT2D eigenvalue weighted by Crippen LogP contribution is 2.43. The van der Waals surface area contributed by atoms with E-state index in [1.807, 2.05) is 23.5 Å². The lowest BCUT2D eigenvalue weighted by molar-refractivity contribution is 0.840. The van der Waals surface area contributed by atoms with Crippen LogP contribution in [-0.2, 0) is 6.42 Å². The van der Waals surface area contributed by atoms with Crippen molar-refractivity contribution in [2.45, 2.75) is 42.9 Å². The maximum atomic E-state index is 5.95. The molecule has 1 aromatic rings. The largest absolute Gasteiger partial charge is 0.383 e. The second-order valence-corrected chi connectivity index (χ2v) is 8.24. The van der Waals surface area contributed by atoms with Gasteiger partial charge < -0.3 is 5.73 Å². The van der Waals surface area contributed by atoms with Crippen molar-refractivity contribution < 1.29 is 0 Å². The maximum Gasteiger partial charge on any atom is 0.144 e. The Morgan fingerprint density at radius 2 is 2.06 bits per heavy atom. The number of thioether (sulfide) groups is 2. The molecule has 6 heteroatoms. The van der Waals surface area contributed by atoms with Crippen molar-refractivity contribution in [1.29, 1.82) is 0 Å². The zero-order valence-corrected chi connectivity index (χ0v) is 14.0. The van der Waals surface area contributed by atoms with Crippen molar-refractivity contribution in [1.82, 2.24) is 9.97 Å². The minimum atomic E-state index is 0.363. The summed E-state index contributed by atoms with van der Waals surface area (Å²) in [5.41, 5.74) is 6.96. The summed E-state index contributed by atoms with van der Waals surface area (Å²) in [6.07, 6.45) is 0.872. The van der Waals surface area contributed by atoms with Crippen LogP contribution in [0.15, 0.2) is 4.47 Å². The molecule has 0 aliphatic carbocycles. The third kappa shape index (κ3) is 2.96. The molecule has 0 bridgehead atoms. The van der Waals surface area contributed by atoms with Gasteiger partial charge in [0.05, 0.1) is 15.4 Å². The number of aryl methyl sites for hydroxylation is 1. The molecule has 2 heterocycles. The smallest absolute Gasteiger partial charge is 0.144 e. The number of nitrogen functional groups attached to an aromatic ring is 1. The quantitative estimate of drug-likeness (QED) is 0.884. The molecule has 0 amide bonds. The number of nitrogens with zero attached hydrogens (tertiary/aromatic N) is 2. The van der Waals surface area contributed by atoms with Crippen molar-refractivity contribution >= 4 is 45.3 Å². The van der Waals surface area contributed by atoms with Gasteiger partial charge in [-0.1, -0.05) is 20.8 Å². The summed E-state index contributed by atoms with van der Waals surface area (Å²) in [5, 5.41) is 1.69. The Balaban J connectivity index is 2.26. The zero-order chi connectivity index (χ0) is 13.3. The summed E-state index contributed by atoms with van der Waals surface area (Å²) in [5.74, 6) is 2.53. The molecule has 3 atom stereocenters. The molecule has 1 aliphatic rings. The van der Waals surface area contributed by atoms with E-state index >= 15 is 0 Å². The van der Waals surface area contributed by atoms with Crippen LogP contribution in [-0.4, -0.2) is 26.2 Å². The first-order valence-corrected chi connectivity index (χ1v) is 8.90. The molecule has 2 N–H and O–H groups in total. The summed E-state index contributed by atoms with van der Waals surface area (Å²) < 4.78 is 0.851. The molecule has 1 saturated heterocycles. The first kappa shape index (κ1) is 14.5. The van der Waals surface area contributed by atoms with E-state index in [1.165, 1.54) is 0 Å². The highest BCUT2D eigenvalue weighted by molar-refractivity contribution is 9.10. The van der Waals surface area contributed by atoms with Crippen molar-refractivity contribution in [2.75, 3.05) is 11.5 Å². The number of rotatable bonds is 2. The number of anilines is 1. The Bertz CT molecular complexity index is 442. The summed E-state index contributed by atoms with van der Waals surface area (Å²) in [7, 11) is 0. The lowest BCUT2D eigenvalue weighted by Crippen LogP contribution is -2.23. The van der Waals surface area contributed by atoms with E-state index in [-0.39, 0.29) is 0 Å². The first-order valence-electron chi connectivity index (χ1n) is 6.11. The fourth-order valence-electron chi connectivity index (χ4n) is 1.83. The molecule has 100 valence electrons. The fraction of sp³-hybridized carbons (Fsp3) is 0.667. The van der Waals surface area contributed by atoms with Gasteiger partial charge in [0.1, 0.15) is 11.6 Å². The average Bonchev–Trinajstić information content (AvgIpc) is 2.36. The predicted molar refractivity (Wildman–Crippen MR) is 85.2 cm³/mol. The zero-order valence-electron chi connectivity index (χ0n) is 10.8. The molecule has 1 fully saturated rings. The van der Waals surface area contributed by atoms with E-state index in [0.717, 1.165) is 28.2 Å². The minimum absolute atomic E-state index is 0.363. The van der Waals surface area contributed by atoms with Gasteiger partial charge in [0.15, 0.2) is 0 Å². The molecule has 1 aromatic heterocycles. The lowest BCUT2D eigenvalue weighted by atomic mass is 10.3. The normalized spacial score (nSPS) is 28.3. The predicted octanol–water partition coefficient (Wildman–Crippen LogP) is 3.68. The van der Waals surface area contributed by atoms with Crippen LogP contribution < -0.4 is 5.73 Å². The molecule has 3 nitrogen and oxygen atoms in total. The number of halogens is 1. The minimum Gasteiger partial charge on any atom is -0.383 e. The fourth-order valence-corrected chi connectivity index (χ4v) is 5.13. The van der Waals surface area contributed by atoms with Crippen LogP contribution in [0.3, 0.4) is 0 Å². The number of hydrogen-bond acceptors (Lipinski definition) is 5. The monoisotopic (exact) mass is 347 g/mol. The Hall–Kier alpha value is 0.0600. The van der Waals surface area contributed by atoms with E-state index in [2.05, 4.69) is 46.7 Å². The van der Waals surface area contributed by atoms with E-state index in [4.69, 9.17) is 5.73 Å². The van der Waals surface area contributed by atoms with E-state index in [1.54, 1.807) is 0 Å². The van der Waals surface area contributed by atoms with Crippen LogP contribution in [0.5, 0.6) is 0 Å². The first-order chi connectivity index (χ1) is 8.52. The van der Waals surface area contributed by atoms with Crippen LogP contribution in [0.25, 0.3) is 0 Å². The molecule has 3 unspecified atom stereocenters. The van der Waals surface area contributed by atoms with Crippen LogP contribution in [0, 0.1) is 0 Å². The molecule has 0 saturated carbocycles. The lowest BCUT2D eigenvalue weighted by Gasteiger charge is -2.30. The summed E-state index contributed by atoms with van der Waals surface area (Å²) in [4.78, 5) is 9.11. The molecular weight excluding hydrogens is 330 g/mol. The molecule has 1 aliphatic heterocycles. The average molecular weight is 348 g/mol. The summed E-state index contributed by atoms with van der Waals surface area (Å²) in [6, 6.07) is 0. The second-order valence-electron chi connectivity index (χ2n) is 4.45. The highest BCUT2D eigenvalue weighted by atomic mass is 79.9. The topological polar surface area (TPSA) is 51.8 Å². The van der Waals surface area contributed by atoms with Gasteiger partial charge in [-0.2, -0.15) is 11.8 Å². The van der Waals surface area contributed by atoms with Crippen LogP contribution in [0.1, 0.15) is 37.5 Å². The van der Waals surface area contributed by atoms with Gasteiger partial charge >= 0.3 is 0 Å². The number of nitrogens with two attached hydrogens (primary N) is 1. The van der Waals surface area contributed by atoms with Gasteiger partial charge in [-0.15, -0.1) is 11.8 Å². The molecule has 0 radical (unpaired) electrons. The van der Waals surface area contributed by atoms with Gasteiger partial charge in [0.25, 0.3) is 0 Å². The number of hydrogen-bond donors (Lipinski definition) is 1. The van der Waals surface area contributed by atoms with Gasteiger partial charge in [-0.3, -0.25) is 0 Å². The van der Waals surface area contributed by atoms with Gasteiger partial charge in [-0.25, -0.2) is 9.97 Å². The van der Waals surface area contributed by atoms with Crippen LogP contribution in [0.4, 0.5) is 5.82 Å². The van der Waals surface area contributed by atoms with Crippen LogP contribution >= 0.6 is 39.5 Å². The highest BCUT2D eigenvalue weighted by Gasteiger charge is 2.29. The molecule has 0 spiro atoms. The Morgan fingerprint density at radius 1 is 1.33 bits per heavy atom. The Kier molecular flexibility index (Phi) is 4.83. The molecule has 2 rings (SSSR count). The van der Waals surface area contributed by atoms with Gasteiger partial charge in [0.2, 0.25) is 0 Å². The van der Waals surface area contributed by atoms with E-state index < -0.39 is 0 Å². The van der Waals surface area contributed by atoms with Crippen LogP contribution in [0.2, 0.25) is 0 Å². The Labute approximate surface area is 125 Å². The van der Waals surface area contributed by atoms with Crippen molar-refractivity contribution in [3.8, 4) is 0 Å². The van der Waals surface area contributed by atoms with Crippen molar-refractivity contribution in [2.24, 2.45) is 0 Å². The molecule has 0 aromatic carbocycles. The molecular formula is C12H18BrN3S2. The SMILES string of the molecule is CCc1nc(C2CSC(C)C(C)S2)nc(N)c1Br. The summed E-state index contributed by atoms with van der Waals surface area (Å²) >= 11 is 7.42. The standard InChI is InChI=1S/C12H18BrN3S2/c1-4-8-10(13)11(14)16-12(15-8)9-5-17-6(2)7(3)18-9/h6-7,9H,4-5H2,1-3H3,(H2,14,15,16). The van der Waals surface area contributed by atoms with E-state index in [9.17, 15) is 0 Å². The third-order valence-electron chi connectivity index (χ3n) is 3.14. The van der Waals surface area contributed by atoms with Crippen molar-refractivity contribution in [3.63, 3.8) is 0 Å². The number of aromatic nitrogens is 2. The Morgan fingerprint density at radius 3 is 2.67 bits per heavy atom. The van der Waals surface area contributed by atoms with E-state index in [0.29, 0.717) is 21.6 Å². The second kappa shape index (κ2) is 6.01.